The van der Waals surface area contributed by atoms with E-state index in [0.29, 0.717) is 13.2 Å². The molecule has 8 nitrogen and oxygen atoms in total. The van der Waals surface area contributed by atoms with Crippen molar-refractivity contribution in [3.63, 3.8) is 0 Å². The summed E-state index contributed by atoms with van der Waals surface area (Å²) in [5.74, 6) is -1.94. The third-order valence-corrected chi connectivity index (χ3v) is 4.56. The second-order valence-electron chi connectivity index (χ2n) is 5.80. The summed E-state index contributed by atoms with van der Waals surface area (Å²) in [5.41, 5.74) is -0.551. The number of nitrogens with zero attached hydrogens (tertiary/aromatic N) is 1. The maximum absolute atomic E-state index is 14.2. The number of ether oxygens (including phenoxy) is 3. The SMILES string of the molecule is CS(=O)(=O)NC(=O)c1cc(Cl)c(Oc2cnc(OC3COC3)c(Cl)c2)cc1F. The molecular formula is C16H13Cl2FN2O6S. The Kier molecular flexibility index (Phi) is 5.94. The molecule has 1 aliphatic rings. The lowest BCUT2D eigenvalue weighted by Crippen LogP contribution is -2.38. The Bertz CT molecular complexity index is 1030. The zero-order valence-electron chi connectivity index (χ0n) is 14.2. The van der Waals surface area contributed by atoms with Gasteiger partial charge in [-0.25, -0.2) is 22.5 Å². The second kappa shape index (κ2) is 8.08. The van der Waals surface area contributed by atoms with Gasteiger partial charge in [-0.05, 0) is 6.07 Å². The minimum absolute atomic E-state index is 0.117. The van der Waals surface area contributed by atoms with Gasteiger partial charge in [0.15, 0.2) is 0 Å². The van der Waals surface area contributed by atoms with Crippen molar-refractivity contribution >= 4 is 39.1 Å². The van der Waals surface area contributed by atoms with Gasteiger partial charge in [0.1, 0.15) is 28.4 Å². The number of rotatable bonds is 6. The topological polar surface area (TPSA) is 104 Å². The van der Waals surface area contributed by atoms with Gasteiger partial charge < -0.3 is 14.2 Å². The molecule has 0 saturated carbocycles. The van der Waals surface area contributed by atoms with Gasteiger partial charge in [-0.3, -0.25) is 4.79 Å². The molecule has 12 heteroatoms. The molecule has 0 unspecified atom stereocenters. The maximum atomic E-state index is 14.2. The van der Waals surface area contributed by atoms with E-state index in [0.717, 1.165) is 18.4 Å². The molecule has 1 N–H and O–H groups in total. The number of hydrogen-bond donors (Lipinski definition) is 1. The molecule has 2 aromatic rings. The Morgan fingerprint density at radius 2 is 2.00 bits per heavy atom. The van der Waals surface area contributed by atoms with Crippen molar-refractivity contribution in [1.29, 1.82) is 0 Å². The molecule has 2 heterocycles. The van der Waals surface area contributed by atoms with Gasteiger partial charge in [-0.15, -0.1) is 0 Å². The second-order valence-corrected chi connectivity index (χ2v) is 8.37. The summed E-state index contributed by atoms with van der Waals surface area (Å²) in [5, 5.41) is 0.0493. The number of halogens is 3. The normalized spacial score (nSPS) is 14.3. The van der Waals surface area contributed by atoms with Gasteiger partial charge in [0.2, 0.25) is 15.9 Å². The first kappa shape index (κ1) is 20.6. The highest BCUT2D eigenvalue weighted by Gasteiger charge is 2.23. The van der Waals surface area contributed by atoms with Crippen molar-refractivity contribution in [1.82, 2.24) is 9.71 Å². The zero-order chi connectivity index (χ0) is 20.5. The summed E-state index contributed by atoms with van der Waals surface area (Å²) in [6.07, 6.45) is 1.95. The monoisotopic (exact) mass is 450 g/mol. The lowest BCUT2D eigenvalue weighted by Gasteiger charge is -2.26. The van der Waals surface area contributed by atoms with Crippen LogP contribution in [0.1, 0.15) is 10.4 Å². The summed E-state index contributed by atoms with van der Waals surface area (Å²) in [6.45, 7) is 0.898. The lowest BCUT2D eigenvalue weighted by molar-refractivity contribution is -0.0813. The number of nitrogens with one attached hydrogen (secondary N) is 1. The fourth-order valence-electron chi connectivity index (χ4n) is 2.12. The van der Waals surface area contributed by atoms with Gasteiger partial charge in [0.05, 0.1) is 36.3 Å². The summed E-state index contributed by atoms with van der Waals surface area (Å²) >= 11 is 12.1. The molecular weight excluding hydrogens is 438 g/mol. The van der Waals surface area contributed by atoms with Crippen LogP contribution >= 0.6 is 23.2 Å². The molecule has 1 aliphatic heterocycles. The van der Waals surface area contributed by atoms with E-state index in [-0.39, 0.29) is 33.5 Å². The standard InChI is InChI=1S/C16H13Cl2FN2O6S/c1-28(23,24)21-15(22)10-3-11(17)14(4-13(10)19)26-8-2-12(18)16(20-5-8)27-9-6-25-7-9/h2-5,9H,6-7H2,1H3,(H,21,22). The third kappa shape index (κ3) is 5.02. The molecule has 1 aromatic carbocycles. The molecule has 1 saturated heterocycles. The van der Waals surface area contributed by atoms with Crippen LogP contribution < -0.4 is 14.2 Å². The van der Waals surface area contributed by atoms with E-state index in [1.807, 2.05) is 0 Å². The molecule has 0 spiro atoms. The van der Waals surface area contributed by atoms with Crippen molar-refractivity contribution in [3.8, 4) is 17.4 Å². The molecule has 1 aromatic heterocycles. The van der Waals surface area contributed by atoms with E-state index in [9.17, 15) is 17.6 Å². The first-order chi connectivity index (χ1) is 13.1. The maximum Gasteiger partial charge on any atom is 0.267 e. The van der Waals surface area contributed by atoms with Gasteiger partial charge in [0.25, 0.3) is 5.91 Å². The van der Waals surface area contributed by atoms with Gasteiger partial charge in [-0.1, -0.05) is 23.2 Å². The minimum atomic E-state index is -3.86. The third-order valence-electron chi connectivity index (χ3n) is 3.44. The van der Waals surface area contributed by atoms with Crippen molar-refractivity contribution in [2.75, 3.05) is 19.5 Å². The van der Waals surface area contributed by atoms with Crippen molar-refractivity contribution < 1.29 is 31.8 Å². The van der Waals surface area contributed by atoms with E-state index in [1.165, 1.54) is 12.3 Å². The summed E-state index contributed by atoms with van der Waals surface area (Å²) < 4.78 is 54.1. The predicted molar refractivity (Wildman–Crippen MR) is 98.3 cm³/mol. The average Bonchev–Trinajstić information content (AvgIpc) is 2.53. The van der Waals surface area contributed by atoms with E-state index >= 15 is 0 Å². The summed E-state index contributed by atoms with van der Waals surface area (Å²) in [7, 11) is -3.86. The number of carbonyl (C=O) groups excluding carboxylic acids is 1. The Morgan fingerprint density at radius 1 is 1.29 bits per heavy atom. The van der Waals surface area contributed by atoms with Crippen molar-refractivity contribution in [2.45, 2.75) is 6.10 Å². The quantitative estimate of drug-likeness (QED) is 0.721. The number of sulfonamides is 1. The molecule has 3 rings (SSSR count). The molecule has 0 aliphatic carbocycles. The van der Waals surface area contributed by atoms with Crippen LogP contribution in [0, 0.1) is 5.82 Å². The Balaban J connectivity index is 1.78. The molecule has 0 radical (unpaired) electrons. The van der Waals surface area contributed by atoms with E-state index in [1.54, 1.807) is 4.72 Å². The van der Waals surface area contributed by atoms with Crippen LogP contribution in [0.3, 0.4) is 0 Å². The Labute approximate surface area is 169 Å². The van der Waals surface area contributed by atoms with Gasteiger partial charge >= 0.3 is 0 Å². The summed E-state index contributed by atoms with van der Waals surface area (Å²) in [6, 6.07) is 3.21. The number of carbonyl (C=O) groups is 1. The first-order valence-electron chi connectivity index (χ1n) is 7.71. The summed E-state index contributed by atoms with van der Waals surface area (Å²) in [4.78, 5) is 15.9. The van der Waals surface area contributed by atoms with Crippen molar-refractivity contribution in [3.05, 3.63) is 45.8 Å². The average molecular weight is 451 g/mol. The van der Waals surface area contributed by atoms with Crippen LogP contribution in [0.15, 0.2) is 24.4 Å². The highest BCUT2D eigenvalue weighted by Crippen LogP contribution is 2.34. The lowest BCUT2D eigenvalue weighted by atomic mass is 10.2. The van der Waals surface area contributed by atoms with Crippen LogP contribution in [0.4, 0.5) is 4.39 Å². The number of benzene rings is 1. The van der Waals surface area contributed by atoms with Crippen LogP contribution in [-0.4, -0.2) is 44.9 Å². The fourth-order valence-corrected chi connectivity index (χ4v) is 2.97. The van der Waals surface area contributed by atoms with Crippen molar-refractivity contribution in [2.24, 2.45) is 0 Å². The molecule has 1 fully saturated rings. The zero-order valence-corrected chi connectivity index (χ0v) is 16.6. The predicted octanol–water partition coefficient (Wildman–Crippen LogP) is 2.79. The minimum Gasteiger partial charge on any atom is -0.468 e. The number of amides is 1. The number of aromatic nitrogens is 1. The van der Waals surface area contributed by atoms with Gasteiger partial charge in [0, 0.05) is 12.1 Å². The molecule has 150 valence electrons. The Hall–Kier alpha value is -2.14. The fraction of sp³-hybridized carbons (Fsp3) is 0.250. The Morgan fingerprint density at radius 3 is 2.57 bits per heavy atom. The first-order valence-corrected chi connectivity index (χ1v) is 10.4. The van der Waals surface area contributed by atoms with Crippen LogP contribution in [-0.2, 0) is 14.8 Å². The highest BCUT2D eigenvalue weighted by molar-refractivity contribution is 7.89. The highest BCUT2D eigenvalue weighted by atomic mass is 35.5. The van der Waals surface area contributed by atoms with Crippen LogP contribution in [0.2, 0.25) is 10.0 Å². The van der Waals surface area contributed by atoms with Gasteiger partial charge in [-0.2, -0.15) is 0 Å². The van der Waals surface area contributed by atoms with E-state index in [4.69, 9.17) is 37.4 Å². The largest absolute Gasteiger partial charge is 0.468 e. The number of pyridine rings is 1. The van der Waals surface area contributed by atoms with Crippen LogP contribution in [0.25, 0.3) is 0 Å². The molecule has 1 amide bonds. The van der Waals surface area contributed by atoms with E-state index in [2.05, 4.69) is 4.98 Å². The molecule has 0 atom stereocenters. The smallest absolute Gasteiger partial charge is 0.267 e. The van der Waals surface area contributed by atoms with E-state index < -0.39 is 27.3 Å². The number of hydrogen-bond acceptors (Lipinski definition) is 7. The van der Waals surface area contributed by atoms with Crippen LogP contribution in [0.5, 0.6) is 17.4 Å². The molecule has 28 heavy (non-hydrogen) atoms. The molecule has 0 bridgehead atoms.